The number of carbonyl (C=O) groups excluding carboxylic acids is 1. The maximum Gasteiger partial charge on any atom is 0.302 e. The lowest BCUT2D eigenvalue weighted by atomic mass is 9.98. The van der Waals surface area contributed by atoms with E-state index in [0.29, 0.717) is 0 Å². The molecule has 0 spiro atoms. The van der Waals surface area contributed by atoms with Crippen LogP contribution in [0.15, 0.2) is 55.6 Å². The van der Waals surface area contributed by atoms with Crippen molar-refractivity contribution in [3.63, 3.8) is 0 Å². The first-order chi connectivity index (χ1) is 13.6. The lowest BCUT2D eigenvalue weighted by molar-refractivity contribution is -0.310. The fraction of sp³-hybridized carbons (Fsp3) is 0.476. The third kappa shape index (κ3) is 6.54. The summed E-state index contributed by atoms with van der Waals surface area (Å²) in [6, 6.07) is 9.57. The SMILES string of the molecule is C=CCO[C@@H]1[C@@H](OCc2ccccc2)[C@@H](O)O[C@H](COC(C)=O)[C@H]1OCC=C. The molecule has 5 atom stereocenters. The third-order valence-electron chi connectivity index (χ3n) is 4.16. The largest absolute Gasteiger partial charge is 0.463 e. The van der Waals surface area contributed by atoms with Gasteiger partial charge in [-0.25, -0.2) is 0 Å². The fourth-order valence-electron chi connectivity index (χ4n) is 2.92. The minimum absolute atomic E-state index is 0.0758. The highest BCUT2D eigenvalue weighted by atomic mass is 16.7. The zero-order chi connectivity index (χ0) is 20.4. The van der Waals surface area contributed by atoms with Crippen molar-refractivity contribution in [1.29, 1.82) is 0 Å². The van der Waals surface area contributed by atoms with Crippen molar-refractivity contribution in [2.75, 3.05) is 19.8 Å². The van der Waals surface area contributed by atoms with Gasteiger partial charge in [0, 0.05) is 6.92 Å². The monoisotopic (exact) mass is 392 g/mol. The van der Waals surface area contributed by atoms with Crippen LogP contribution in [0.3, 0.4) is 0 Å². The van der Waals surface area contributed by atoms with E-state index in [-0.39, 0.29) is 26.4 Å². The molecule has 2 rings (SSSR count). The van der Waals surface area contributed by atoms with Crippen molar-refractivity contribution in [2.45, 2.75) is 44.2 Å². The molecule has 1 aliphatic heterocycles. The molecule has 0 bridgehead atoms. The number of hydrogen-bond donors (Lipinski definition) is 1. The molecule has 28 heavy (non-hydrogen) atoms. The fourth-order valence-corrected chi connectivity index (χ4v) is 2.92. The van der Waals surface area contributed by atoms with Gasteiger partial charge in [-0.1, -0.05) is 42.5 Å². The minimum atomic E-state index is -1.28. The first-order valence-electron chi connectivity index (χ1n) is 9.14. The van der Waals surface area contributed by atoms with Crippen molar-refractivity contribution in [3.8, 4) is 0 Å². The number of ether oxygens (including phenoxy) is 5. The van der Waals surface area contributed by atoms with Crippen LogP contribution in [0.25, 0.3) is 0 Å². The zero-order valence-electron chi connectivity index (χ0n) is 16.1. The van der Waals surface area contributed by atoms with E-state index in [0.717, 1.165) is 5.56 Å². The highest BCUT2D eigenvalue weighted by Gasteiger charge is 2.48. The molecule has 0 saturated carbocycles. The van der Waals surface area contributed by atoms with Gasteiger partial charge in [0.2, 0.25) is 0 Å². The maximum atomic E-state index is 11.2. The molecule has 0 amide bonds. The molecule has 1 aliphatic rings. The summed E-state index contributed by atoms with van der Waals surface area (Å²) in [7, 11) is 0. The Hall–Kier alpha value is -2.03. The van der Waals surface area contributed by atoms with E-state index in [1.807, 2.05) is 30.3 Å². The molecule has 7 heteroatoms. The second-order valence-electron chi connectivity index (χ2n) is 6.30. The van der Waals surface area contributed by atoms with Gasteiger partial charge in [-0.05, 0) is 5.56 Å². The van der Waals surface area contributed by atoms with E-state index < -0.39 is 36.7 Å². The maximum absolute atomic E-state index is 11.2. The standard InChI is InChI=1S/C21H28O7/c1-4-11-24-18-17(14-26-15(3)22)28-21(23)20(19(18)25-12-5-2)27-13-16-9-7-6-8-10-16/h4-10,17-21,23H,1-2,11-14H2,3H3/t17-,18-,19+,20-,21+/m1/s1. The van der Waals surface area contributed by atoms with Crippen LogP contribution in [0, 0.1) is 0 Å². The first kappa shape index (κ1) is 22.3. The van der Waals surface area contributed by atoms with E-state index in [4.69, 9.17) is 23.7 Å². The predicted molar refractivity (Wildman–Crippen MR) is 102 cm³/mol. The van der Waals surface area contributed by atoms with Gasteiger partial charge in [0.05, 0.1) is 19.8 Å². The van der Waals surface area contributed by atoms with Crippen LogP contribution in [0.5, 0.6) is 0 Å². The molecule has 0 aliphatic carbocycles. The van der Waals surface area contributed by atoms with Crippen LogP contribution in [-0.4, -0.2) is 61.6 Å². The number of aliphatic hydroxyl groups is 1. The molecule has 1 saturated heterocycles. The molecule has 1 fully saturated rings. The van der Waals surface area contributed by atoms with E-state index in [1.54, 1.807) is 12.2 Å². The van der Waals surface area contributed by atoms with E-state index >= 15 is 0 Å². The molecule has 1 heterocycles. The Balaban J connectivity index is 2.17. The summed E-state index contributed by atoms with van der Waals surface area (Å²) in [5, 5.41) is 10.5. The van der Waals surface area contributed by atoms with Crippen molar-refractivity contribution in [3.05, 3.63) is 61.2 Å². The van der Waals surface area contributed by atoms with Crippen molar-refractivity contribution in [1.82, 2.24) is 0 Å². The summed E-state index contributed by atoms with van der Waals surface area (Å²) < 4.78 is 28.3. The zero-order valence-corrected chi connectivity index (χ0v) is 16.1. The van der Waals surface area contributed by atoms with E-state index in [1.165, 1.54) is 6.92 Å². The van der Waals surface area contributed by atoms with Crippen LogP contribution < -0.4 is 0 Å². The van der Waals surface area contributed by atoms with Crippen LogP contribution in [0.4, 0.5) is 0 Å². The number of rotatable bonds is 11. The topological polar surface area (TPSA) is 83.5 Å². The highest BCUT2D eigenvalue weighted by Crippen LogP contribution is 2.28. The Morgan fingerprint density at radius 3 is 2.32 bits per heavy atom. The third-order valence-corrected chi connectivity index (χ3v) is 4.16. The van der Waals surface area contributed by atoms with Crippen LogP contribution in [-0.2, 0) is 35.1 Å². The number of esters is 1. The van der Waals surface area contributed by atoms with Crippen LogP contribution >= 0.6 is 0 Å². The van der Waals surface area contributed by atoms with Gasteiger partial charge in [-0.2, -0.15) is 0 Å². The summed E-state index contributed by atoms with van der Waals surface area (Å²) >= 11 is 0. The molecule has 0 aromatic heterocycles. The average molecular weight is 392 g/mol. The second-order valence-corrected chi connectivity index (χ2v) is 6.30. The van der Waals surface area contributed by atoms with Crippen LogP contribution in [0.1, 0.15) is 12.5 Å². The van der Waals surface area contributed by atoms with E-state index in [2.05, 4.69) is 13.2 Å². The number of carbonyl (C=O) groups is 1. The van der Waals surface area contributed by atoms with Gasteiger partial charge in [-0.15, -0.1) is 13.2 Å². The quantitative estimate of drug-likeness (QED) is 0.455. The lowest BCUT2D eigenvalue weighted by Crippen LogP contribution is -2.61. The Kier molecular flexibility index (Phi) is 9.33. The molecule has 0 unspecified atom stereocenters. The van der Waals surface area contributed by atoms with Gasteiger partial charge in [0.1, 0.15) is 31.0 Å². The molecular weight excluding hydrogens is 364 g/mol. The number of aliphatic hydroxyl groups excluding tert-OH is 1. The Bertz CT molecular complexity index is 618. The molecule has 1 aromatic carbocycles. The molecule has 7 nitrogen and oxygen atoms in total. The number of benzene rings is 1. The first-order valence-corrected chi connectivity index (χ1v) is 9.14. The average Bonchev–Trinajstić information content (AvgIpc) is 2.69. The van der Waals surface area contributed by atoms with Crippen molar-refractivity contribution in [2.24, 2.45) is 0 Å². The summed E-state index contributed by atoms with van der Waals surface area (Å²) in [5.74, 6) is -0.452. The van der Waals surface area contributed by atoms with Gasteiger partial charge in [0.25, 0.3) is 0 Å². The molecule has 1 aromatic rings. The molecule has 154 valence electrons. The Morgan fingerprint density at radius 1 is 1.07 bits per heavy atom. The number of hydrogen-bond acceptors (Lipinski definition) is 7. The minimum Gasteiger partial charge on any atom is -0.463 e. The summed E-state index contributed by atoms with van der Waals surface area (Å²) in [4.78, 5) is 11.2. The predicted octanol–water partition coefficient (Wildman–Crippen LogP) is 1.99. The van der Waals surface area contributed by atoms with Crippen molar-refractivity contribution >= 4 is 5.97 Å². The second kappa shape index (κ2) is 11.7. The smallest absolute Gasteiger partial charge is 0.302 e. The van der Waals surface area contributed by atoms with Gasteiger partial charge in [-0.3, -0.25) is 4.79 Å². The Morgan fingerprint density at radius 2 is 1.71 bits per heavy atom. The van der Waals surface area contributed by atoms with Gasteiger partial charge in [0.15, 0.2) is 6.29 Å². The van der Waals surface area contributed by atoms with E-state index in [9.17, 15) is 9.90 Å². The summed E-state index contributed by atoms with van der Waals surface area (Å²) in [6.07, 6.45) is -0.899. The van der Waals surface area contributed by atoms with Gasteiger partial charge < -0.3 is 28.8 Å². The summed E-state index contributed by atoms with van der Waals surface area (Å²) in [6.45, 7) is 9.28. The molecular formula is C21H28O7. The normalized spacial score (nSPS) is 27.1. The molecule has 1 N–H and O–H groups in total. The highest BCUT2D eigenvalue weighted by molar-refractivity contribution is 5.65. The van der Waals surface area contributed by atoms with Crippen LogP contribution in [0.2, 0.25) is 0 Å². The Labute approximate surface area is 165 Å². The lowest BCUT2D eigenvalue weighted by Gasteiger charge is -2.44. The van der Waals surface area contributed by atoms with Crippen molar-refractivity contribution < 1.29 is 33.6 Å². The van der Waals surface area contributed by atoms with Gasteiger partial charge >= 0.3 is 5.97 Å². The summed E-state index contributed by atoms with van der Waals surface area (Å²) in [5.41, 5.74) is 0.947. The molecule has 0 radical (unpaired) electrons.